The first-order valence-corrected chi connectivity index (χ1v) is 18.4. The normalized spacial score (nSPS) is 22.5. The molecule has 5 aromatic carbocycles. The van der Waals surface area contributed by atoms with E-state index >= 15 is 0 Å². The molecule has 6 N–H and O–H groups in total. The van der Waals surface area contributed by atoms with Gasteiger partial charge in [-0.3, -0.25) is 24.0 Å². The number of ketones is 1. The van der Waals surface area contributed by atoms with Crippen LogP contribution in [0.15, 0.2) is 27.3 Å². The van der Waals surface area contributed by atoms with Gasteiger partial charge in [-0.2, -0.15) is 0 Å². The van der Waals surface area contributed by atoms with E-state index in [2.05, 4.69) is 5.32 Å². The van der Waals surface area contributed by atoms with E-state index in [0.29, 0.717) is 99.8 Å². The number of Topliss-reactive ketones (excluding diaryl/α,β-unsaturated/α-hetero) is 1. The summed E-state index contributed by atoms with van der Waals surface area (Å²) in [7, 11) is 1.34. The number of carbonyl (C=O) groups is 3. The number of fused-ring (bicyclic) bond motifs is 1. The lowest BCUT2D eigenvalue weighted by Gasteiger charge is -2.28. The Balaban J connectivity index is 1.64. The van der Waals surface area contributed by atoms with Gasteiger partial charge in [0.1, 0.15) is 5.78 Å². The van der Waals surface area contributed by atoms with Crippen LogP contribution in [-0.4, -0.2) is 56.4 Å². The van der Waals surface area contributed by atoms with Crippen LogP contribution in [0, 0.1) is 17.8 Å². The minimum atomic E-state index is -0.957. The van der Waals surface area contributed by atoms with Gasteiger partial charge in [-0.15, -0.1) is 0 Å². The molecule has 2 saturated carbocycles. The number of aromatic hydroxyl groups is 1. The van der Waals surface area contributed by atoms with Gasteiger partial charge in [0.05, 0.1) is 54.5 Å². The molecule has 0 heterocycles. The number of phenolic OH excluding ortho intramolecular Hbond substituents is 1. The second-order valence-electron chi connectivity index (χ2n) is 15.5. The third-order valence-corrected chi connectivity index (χ3v) is 12.4. The molecule has 0 aliphatic heterocycles. The highest BCUT2D eigenvalue weighted by Gasteiger charge is 2.39. The Bertz CT molecular complexity index is 2610. The van der Waals surface area contributed by atoms with Gasteiger partial charge >= 0.3 is 11.9 Å². The van der Waals surface area contributed by atoms with Crippen molar-refractivity contribution in [2.45, 2.75) is 84.0 Å². The summed E-state index contributed by atoms with van der Waals surface area (Å²) in [4.78, 5) is 66.4. The van der Waals surface area contributed by atoms with Gasteiger partial charge < -0.3 is 35.6 Å². The molecule has 2 fully saturated rings. The minimum Gasteiger partial charge on any atom is -0.504 e. The maximum Gasteiger partial charge on any atom is 0.306 e. The standard InChI is InChI=1S/C42H41NO11/c1-16-8-24-25(10-18-4-5-19(9-18)41(50)51)38(43-23-7-6-20(11-23)42(52)53)32-26(47)12-21(14-44)29-30-22(15-45)13-27(48)33-35(30)36(31(24)34(29)32)37(28(16)17(2)46)40(54-3)39(33)49/h8,12-13,18-20,23,28,43-45,49H,4-7,9-11,14-15H2,1-3H3,(H,50,51)(H,52,53). The number of benzene rings is 5. The van der Waals surface area contributed by atoms with Crippen molar-refractivity contribution in [2.75, 3.05) is 12.4 Å². The molecule has 0 amide bonds. The van der Waals surface area contributed by atoms with Gasteiger partial charge in [-0.1, -0.05) is 11.6 Å². The van der Waals surface area contributed by atoms with E-state index in [1.807, 2.05) is 6.08 Å². The van der Waals surface area contributed by atoms with Crippen molar-refractivity contribution >= 4 is 72.6 Å². The Morgan fingerprint density at radius 2 is 1.39 bits per heavy atom. The fraction of sp³-hybridized carbons (Fsp3) is 0.405. The molecular weight excluding hydrogens is 694 g/mol. The molecule has 0 aromatic heterocycles. The Morgan fingerprint density at radius 3 is 1.94 bits per heavy atom. The molecule has 0 saturated heterocycles. The molecule has 280 valence electrons. The van der Waals surface area contributed by atoms with Crippen LogP contribution in [-0.2, 0) is 34.0 Å². The van der Waals surface area contributed by atoms with E-state index in [4.69, 9.17) is 4.74 Å². The van der Waals surface area contributed by atoms with E-state index in [1.165, 1.54) is 26.2 Å². The summed E-state index contributed by atoms with van der Waals surface area (Å²) in [6, 6.07) is 2.25. The number of nitrogens with one attached hydrogen (secondary N) is 1. The minimum absolute atomic E-state index is 0.0649. The first kappa shape index (κ1) is 35.7. The molecule has 12 heteroatoms. The summed E-state index contributed by atoms with van der Waals surface area (Å²) in [6.45, 7) is 2.07. The number of hydrogen-bond donors (Lipinski definition) is 6. The van der Waals surface area contributed by atoms with Gasteiger partial charge in [0.15, 0.2) is 22.4 Å². The number of rotatable bonds is 10. The number of hydrogen-bond acceptors (Lipinski definition) is 10. The average Bonchev–Trinajstić information content (AvgIpc) is 3.78. The molecule has 3 aliphatic carbocycles. The zero-order valence-corrected chi connectivity index (χ0v) is 30.2. The number of carboxylic acids is 2. The molecular formula is C42H41NO11. The molecule has 0 spiro atoms. The summed E-state index contributed by atoms with van der Waals surface area (Å²) < 4.78 is 5.84. The molecule has 5 aromatic rings. The third-order valence-electron chi connectivity index (χ3n) is 12.4. The van der Waals surface area contributed by atoms with Crippen molar-refractivity contribution in [3.8, 4) is 11.5 Å². The number of aliphatic hydroxyl groups is 2. The monoisotopic (exact) mass is 735 g/mol. The van der Waals surface area contributed by atoms with E-state index < -0.39 is 59.5 Å². The van der Waals surface area contributed by atoms with Crippen molar-refractivity contribution in [3.05, 3.63) is 66.0 Å². The number of allylic oxidation sites excluding steroid dienone is 1. The van der Waals surface area contributed by atoms with Crippen LogP contribution in [0.25, 0.3) is 49.2 Å². The molecule has 5 atom stereocenters. The maximum absolute atomic E-state index is 14.6. The van der Waals surface area contributed by atoms with E-state index in [0.717, 1.165) is 0 Å². The van der Waals surface area contributed by atoms with Crippen molar-refractivity contribution in [1.29, 1.82) is 0 Å². The van der Waals surface area contributed by atoms with Crippen molar-refractivity contribution in [2.24, 2.45) is 17.8 Å². The number of ether oxygens (including phenoxy) is 1. The molecule has 0 radical (unpaired) electrons. The molecule has 0 bridgehead atoms. The topological polar surface area (TPSA) is 208 Å². The van der Waals surface area contributed by atoms with Gasteiger partial charge in [-0.05, 0) is 121 Å². The number of aliphatic hydroxyl groups excluding tert-OH is 2. The molecule has 3 aliphatic rings. The Hall–Kier alpha value is -5.33. The second kappa shape index (κ2) is 12.9. The fourth-order valence-corrected chi connectivity index (χ4v) is 10.2. The van der Waals surface area contributed by atoms with Crippen molar-refractivity contribution in [3.63, 3.8) is 0 Å². The van der Waals surface area contributed by atoms with Crippen molar-refractivity contribution < 1.29 is 44.7 Å². The number of phenols is 1. The number of carbonyl (C=O) groups excluding carboxylic acids is 1. The van der Waals surface area contributed by atoms with Crippen LogP contribution >= 0.6 is 0 Å². The van der Waals surface area contributed by atoms with Crippen LogP contribution in [0.4, 0.5) is 5.69 Å². The molecule has 5 unspecified atom stereocenters. The molecule has 8 rings (SSSR count). The lowest BCUT2D eigenvalue weighted by Crippen LogP contribution is -2.22. The highest BCUT2D eigenvalue weighted by molar-refractivity contribution is 6.39. The summed E-state index contributed by atoms with van der Waals surface area (Å²) in [5, 5.41) is 59.4. The van der Waals surface area contributed by atoms with E-state index in [9.17, 15) is 49.5 Å². The lowest BCUT2D eigenvalue weighted by molar-refractivity contribution is -0.142. The first-order chi connectivity index (χ1) is 25.8. The SMILES string of the molecule is COc1c(O)c2c(=O)cc(CO)c3c4c(CO)cc(=O)c5c(NC6CCC(C(=O)O)C6)c(CC6CCC(C(=O)O)C6)c6c(c(c1C(C(C)=O)C(C)=C6)c23)c54. The first-order valence-electron chi connectivity index (χ1n) is 18.4. The number of aliphatic carboxylic acids is 2. The predicted octanol–water partition coefficient (Wildman–Crippen LogP) is 5.39. The summed E-state index contributed by atoms with van der Waals surface area (Å²) in [5.74, 6) is -4.73. The predicted molar refractivity (Wildman–Crippen MR) is 203 cm³/mol. The van der Waals surface area contributed by atoms with Crippen LogP contribution in [0.1, 0.15) is 86.1 Å². The van der Waals surface area contributed by atoms with Crippen molar-refractivity contribution in [1.82, 2.24) is 0 Å². The maximum atomic E-state index is 14.6. The lowest BCUT2D eigenvalue weighted by atomic mass is 9.78. The highest BCUT2D eigenvalue weighted by atomic mass is 16.5. The van der Waals surface area contributed by atoms with Gasteiger partial charge in [0, 0.05) is 22.4 Å². The molecule has 12 nitrogen and oxygen atoms in total. The smallest absolute Gasteiger partial charge is 0.306 e. The number of anilines is 1. The highest BCUT2D eigenvalue weighted by Crippen LogP contribution is 2.56. The quantitative estimate of drug-likeness (QED) is 0.0788. The zero-order chi connectivity index (χ0) is 38.5. The number of methoxy groups -OCH3 is 1. The number of carboxylic acid groups (broad SMARTS) is 2. The Kier molecular flexibility index (Phi) is 8.53. The van der Waals surface area contributed by atoms with Gasteiger partial charge in [-0.25, -0.2) is 0 Å². The second-order valence-corrected chi connectivity index (χ2v) is 15.5. The largest absolute Gasteiger partial charge is 0.504 e. The summed E-state index contributed by atoms with van der Waals surface area (Å²) in [5.41, 5.74) is 2.17. The molecule has 54 heavy (non-hydrogen) atoms. The van der Waals surface area contributed by atoms with E-state index in [1.54, 1.807) is 6.92 Å². The van der Waals surface area contributed by atoms with Crippen LogP contribution in [0.2, 0.25) is 0 Å². The van der Waals surface area contributed by atoms with Crippen LogP contribution in [0.5, 0.6) is 11.5 Å². The van der Waals surface area contributed by atoms with Crippen LogP contribution < -0.4 is 20.9 Å². The van der Waals surface area contributed by atoms with Gasteiger partial charge in [0.2, 0.25) is 0 Å². The van der Waals surface area contributed by atoms with E-state index in [-0.39, 0.29) is 50.8 Å². The van der Waals surface area contributed by atoms with Crippen LogP contribution in [0.3, 0.4) is 0 Å². The average molecular weight is 736 g/mol. The summed E-state index contributed by atoms with van der Waals surface area (Å²) >= 11 is 0. The summed E-state index contributed by atoms with van der Waals surface area (Å²) in [6.07, 6.45) is 5.05. The van der Waals surface area contributed by atoms with Gasteiger partial charge in [0.25, 0.3) is 0 Å². The Labute approximate surface area is 308 Å². The fourth-order valence-electron chi connectivity index (χ4n) is 10.2. The Morgan fingerprint density at radius 1 is 0.796 bits per heavy atom. The third kappa shape index (κ3) is 5.06. The zero-order valence-electron chi connectivity index (χ0n) is 30.2.